The van der Waals surface area contributed by atoms with Crippen LogP contribution in [0, 0.1) is 5.82 Å². The smallest absolute Gasteiger partial charge is 0.320 e. The molecule has 0 amide bonds. The minimum Gasteiger partial charge on any atom is -0.465 e. The molecule has 4 aromatic rings. The highest BCUT2D eigenvalue weighted by atomic mass is 19.1. The Hall–Kier alpha value is -4.31. The molecular formula is C31H35FN6O3. The van der Waals surface area contributed by atoms with Gasteiger partial charge in [-0.05, 0) is 49.1 Å². The molecule has 0 aliphatic carbocycles. The average molecular weight is 559 g/mol. The molecule has 1 fully saturated rings. The van der Waals surface area contributed by atoms with Gasteiger partial charge < -0.3 is 9.64 Å². The molecule has 41 heavy (non-hydrogen) atoms. The van der Waals surface area contributed by atoms with Gasteiger partial charge in [-0.3, -0.25) is 19.2 Å². The first kappa shape index (κ1) is 28.2. The molecule has 1 aliphatic heterocycles. The lowest BCUT2D eigenvalue weighted by Crippen LogP contribution is -2.41. The van der Waals surface area contributed by atoms with Crippen LogP contribution in [0.3, 0.4) is 0 Å². The summed E-state index contributed by atoms with van der Waals surface area (Å²) in [6.45, 7) is 4.36. The third kappa shape index (κ3) is 6.22. The molecule has 5 rings (SSSR count). The minimum atomic E-state index is -0.368. The fraction of sp³-hybridized carbons (Fsp3) is 0.355. The zero-order valence-corrected chi connectivity index (χ0v) is 23.7. The number of hydrogen-bond donors (Lipinski definition) is 0. The fourth-order valence-electron chi connectivity index (χ4n) is 5.51. The molecule has 0 spiro atoms. The van der Waals surface area contributed by atoms with Crippen LogP contribution in [0.25, 0.3) is 22.5 Å². The van der Waals surface area contributed by atoms with Gasteiger partial charge in [-0.15, -0.1) is 0 Å². The van der Waals surface area contributed by atoms with Gasteiger partial charge in [0.2, 0.25) is 5.95 Å². The number of esters is 1. The maximum atomic E-state index is 14.1. The van der Waals surface area contributed by atoms with E-state index in [0.717, 1.165) is 5.56 Å². The molecule has 0 radical (unpaired) electrons. The molecule has 2 aromatic carbocycles. The molecule has 1 saturated heterocycles. The molecule has 9 nitrogen and oxygen atoms in total. The SMILES string of the molecule is CCOC(=O)CN1CCC(n2c(=O)c(-c3ccc(F)cc3)c(-c3ccnc(N(C)Cc4ccccc4)n3)n2C)CC1. The number of likely N-dealkylation sites (tertiary alicyclic amines) is 1. The summed E-state index contributed by atoms with van der Waals surface area (Å²) >= 11 is 0. The quantitative estimate of drug-likeness (QED) is 0.284. The summed E-state index contributed by atoms with van der Waals surface area (Å²) in [5.41, 5.74) is 3.31. The second-order valence-corrected chi connectivity index (χ2v) is 10.3. The van der Waals surface area contributed by atoms with Crippen LogP contribution in [0.5, 0.6) is 0 Å². The van der Waals surface area contributed by atoms with Crippen LogP contribution in [0.15, 0.2) is 71.7 Å². The number of nitrogens with zero attached hydrogens (tertiary/aromatic N) is 6. The molecule has 10 heteroatoms. The van der Waals surface area contributed by atoms with E-state index >= 15 is 0 Å². The van der Waals surface area contributed by atoms with Crippen molar-refractivity contribution in [2.75, 3.05) is 38.2 Å². The summed E-state index contributed by atoms with van der Waals surface area (Å²) in [6.07, 6.45) is 3.10. The van der Waals surface area contributed by atoms with Gasteiger partial charge in [0.1, 0.15) is 5.82 Å². The number of carbonyl (C=O) groups excluding carboxylic acids is 1. The predicted molar refractivity (Wildman–Crippen MR) is 156 cm³/mol. The Balaban J connectivity index is 1.50. The number of aromatic nitrogens is 4. The van der Waals surface area contributed by atoms with Crippen molar-refractivity contribution in [2.45, 2.75) is 32.4 Å². The Bertz CT molecular complexity index is 1540. The fourth-order valence-corrected chi connectivity index (χ4v) is 5.51. The van der Waals surface area contributed by atoms with Crippen LogP contribution in [0.4, 0.5) is 10.3 Å². The van der Waals surface area contributed by atoms with Crippen molar-refractivity contribution in [3.05, 3.63) is 88.6 Å². The molecule has 3 heterocycles. The van der Waals surface area contributed by atoms with E-state index in [4.69, 9.17) is 9.72 Å². The van der Waals surface area contributed by atoms with E-state index in [1.807, 2.05) is 41.9 Å². The largest absolute Gasteiger partial charge is 0.465 e. The zero-order chi connectivity index (χ0) is 28.9. The number of carbonyl (C=O) groups is 1. The second kappa shape index (κ2) is 12.5. The molecule has 0 unspecified atom stereocenters. The van der Waals surface area contributed by atoms with E-state index in [0.29, 0.717) is 67.5 Å². The van der Waals surface area contributed by atoms with Crippen LogP contribution in [0.2, 0.25) is 0 Å². The van der Waals surface area contributed by atoms with Gasteiger partial charge in [0.15, 0.2) is 0 Å². The molecule has 214 valence electrons. The Labute approximate surface area is 238 Å². The number of rotatable bonds is 9. The van der Waals surface area contributed by atoms with Crippen molar-refractivity contribution < 1.29 is 13.9 Å². The van der Waals surface area contributed by atoms with E-state index in [9.17, 15) is 14.0 Å². The minimum absolute atomic E-state index is 0.0686. The predicted octanol–water partition coefficient (Wildman–Crippen LogP) is 4.29. The summed E-state index contributed by atoms with van der Waals surface area (Å²) in [5, 5.41) is 0. The van der Waals surface area contributed by atoms with E-state index in [1.54, 1.807) is 36.0 Å². The maximum absolute atomic E-state index is 14.1. The molecule has 0 atom stereocenters. The molecule has 2 aromatic heterocycles. The maximum Gasteiger partial charge on any atom is 0.320 e. The highest BCUT2D eigenvalue weighted by molar-refractivity contribution is 5.79. The lowest BCUT2D eigenvalue weighted by Gasteiger charge is -2.32. The van der Waals surface area contributed by atoms with Gasteiger partial charge >= 0.3 is 5.97 Å². The van der Waals surface area contributed by atoms with Crippen molar-refractivity contribution in [2.24, 2.45) is 7.05 Å². The van der Waals surface area contributed by atoms with Crippen LogP contribution < -0.4 is 10.5 Å². The van der Waals surface area contributed by atoms with Gasteiger partial charge in [-0.2, -0.15) is 0 Å². The topological polar surface area (TPSA) is 85.5 Å². The number of halogens is 1. The van der Waals surface area contributed by atoms with Crippen molar-refractivity contribution in [1.29, 1.82) is 0 Å². The Morgan fingerprint density at radius 3 is 2.46 bits per heavy atom. The molecule has 1 aliphatic rings. The first-order valence-corrected chi connectivity index (χ1v) is 13.9. The Morgan fingerprint density at radius 1 is 1.07 bits per heavy atom. The first-order valence-electron chi connectivity index (χ1n) is 13.9. The van der Waals surface area contributed by atoms with E-state index in [2.05, 4.69) is 22.0 Å². The van der Waals surface area contributed by atoms with Gasteiger partial charge in [0.05, 0.1) is 36.1 Å². The van der Waals surface area contributed by atoms with E-state index < -0.39 is 0 Å². The Morgan fingerprint density at radius 2 is 1.78 bits per heavy atom. The van der Waals surface area contributed by atoms with Gasteiger partial charge in [-0.25, -0.2) is 19.0 Å². The lowest BCUT2D eigenvalue weighted by atomic mass is 10.0. The normalized spacial score (nSPS) is 14.2. The van der Waals surface area contributed by atoms with Crippen LogP contribution in [0.1, 0.15) is 31.4 Å². The van der Waals surface area contributed by atoms with Crippen molar-refractivity contribution in [3.63, 3.8) is 0 Å². The van der Waals surface area contributed by atoms with Crippen molar-refractivity contribution in [3.8, 4) is 22.5 Å². The molecule has 0 N–H and O–H groups in total. The zero-order valence-electron chi connectivity index (χ0n) is 23.7. The molecule has 0 saturated carbocycles. The van der Waals surface area contributed by atoms with Gasteiger partial charge in [0.25, 0.3) is 5.56 Å². The Kier molecular flexibility index (Phi) is 8.58. The standard InChI is InChI=1S/C31H35FN6O3/c1-4-41-27(39)21-37-18-15-25(16-19-37)38-30(40)28(23-10-12-24(32)13-11-23)29(36(38)3)26-14-17-33-31(34-26)35(2)20-22-8-6-5-7-9-22/h5-14,17,25H,4,15-16,18-21H2,1-3H3. The highest BCUT2D eigenvalue weighted by Gasteiger charge is 2.29. The lowest BCUT2D eigenvalue weighted by molar-refractivity contribution is -0.144. The van der Waals surface area contributed by atoms with Crippen LogP contribution in [-0.4, -0.2) is 63.5 Å². The molecule has 0 bridgehead atoms. The summed E-state index contributed by atoms with van der Waals surface area (Å²) in [6, 6.07) is 17.8. The number of hydrogen-bond acceptors (Lipinski definition) is 7. The van der Waals surface area contributed by atoms with E-state index in [1.165, 1.54) is 12.1 Å². The average Bonchev–Trinajstić information content (AvgIpc) is 3.24. The third-order valence-corrected chi connectivity index (χ3v) is 7.49. The number of piperidine rings is 1. The van der Waals surface area contributed by atoms with Crippen LogP contribution >= 0.6 is 0 Å². The van der Waals surface area contributed by atoms with Crippen molar-refractivity contribution >= 4 is 11.9 Å². The summed E-state index contributed by atoms with van der Waals surface area (Å²) in [4.78, 5) is 39.4. The third-order valence-electron chi connectivity index (χ3n) is 7.49. The van der Waals surface area contributed by atoms with Crippen molar-refractivity contribution in [1.82, 2.24) is 24.2 Å². The number of anilines is 1. The number of ether oxygens (including phenoxy) is 1. The second-order valence-electron chi connectivity index (χ2n) is 10.3. The number of benzene rings is 2. The monoisotopic (exact) mass is 558 g/mol. The summed E-state index contributed by atoms with van der Waals surface area (Å²) in [7, 11) is 3.80. The van der Waals surface area contributed by atoms with Gasteiger partial charge in [0, 0.05) is 39.9 Å². The first-order chi connectivity index (χ1) is 19.9. The molecular weight excluding hydrogens is 523 g/mol. The van der Waals surface area contributed by atoms with Gasteiger partial charge in [-0.1, -0.05) is 42.5 Å². The summed E-state index contributed by atoms with van der Waals surface area (Å²) in [5.74, 6) is -0.0732. The highest BCUT2D eigenvalue weighted by Crippen LogP contribution is 2.32. The summed E-state index contributed by atoms with van der Waals surface area (Å²) < 4.78 is 22.6. The van der Waals surface area contributed by atoms with Crippen LogP contribution in [-0.2, 0) is 23.1 Å². The van der Waals surface area contributed by atoms with E-state index in [-0.39, 0.29) is 29.9 Å².